The van der Waals surface area contributed by atoms with Crippen LogP contribution in [-0.2, 0) is 11.2 Å². The lowest BCUT2D eigenvalue weighted by molar-refractivity contribution is -0.113. The number of hydrogen-bond acceptors (Lipinski definition) is 3. The van der Waals surface area contributed by atoms with Gasteiger partial charge in [-0.2, -0.15) is 0 Å². The number of rotatable bonds is 4. The molecule has 3 N–H and O–H groups in total. The van der Waals surface area contributed by atoms with Gasteiger partial charge in [-0.15, -0.1) is 11.8 Å². The molecule has 0 radical (unpaired) electrons. The van der Waals surface area contributed by atoms with Gasteiger partial charge in [0.2, 0.25) is 5.91 Å². The molecule has 1 aliphatic rings. The van der Waals surface area contributed by atoms with E-state index in [4.69, 9.17) is 0 Å². The molecule has 0 aromatic heterocycles. The average Bonchev–Trinajstić information content (AvgIpc) is 2.44. The van der Waals surface area contributed by atoms with E-state index in [-0.39, 0.29) is 17.4 Å². The molecule has 0 atom stereocenters. The quantitative estimate of drug-likeness (QED) is 0.798. The molecule has 5 nitrogen and oxygen atoms in total. The number of carbonyl (C=O) groups excluding carboxylic acids is 2. The van der Waals surface area contributed by atoms with Gasteiger partial charge in [0.05, 0.1) is 11.4 Å². The van der Waals surface area contributed by atoms with Gasteiger partial charge in [0, 0.05) is 18.0 Å². The Morgan fingerprint density at radius 1 is 1.32 bits per heavy atom. The van der Waals surface area contributed by atoms with E-state index < -0.39 is 0 Å². The van der Waals surface area contributed by atoms with Gasteiger partial charge in [-0.25, -0.2) is 4.79 Å². The monoisotopic (exact) mass is 321 g/mol. The molecule has 2 rings (SSSR count). The predicted molar refractivity (Wildman–Crippen MR) is 90.4 cm³/mol. The van der Waals surface area contributed by atoms with Crippen molar-refractivity contribution in [2.24, 2.45) is 5.41 Å². The van der Waals surface area contributed by atoms with Crippen molar-refractivity contribution < 1.29 is 9.59 Å². The minimum atomic E-state index is -0.142. The van der Waals surface area contributed by atoms with Gasteiger partial charge >= 0.3 is 6.03 Å². The highest BCUT2D eigenvalue weighted by Crippen LogP contribution is 2.31. The van der Waals surface area contributed by atoms with E-state index in [2.05, 4.69) is 36.7 Å². The molecule has 0 spiro atoms. The normalized spacial score (nSPS) is 14.0. The molecule has 0 saturated heterocycles. The Morgan fingerprint density at radius 3 is 2.82 bits per heavy atom. The van der Waals surface area contributed by atoms with E-state index in [1.54, 1.807) is 11.8 Å². The van der Waals surface area contributed by atoms with Crippen LogP contribution in [0.25, 0.3) is 0 Å². The molecule has 1 aromatic carbocycles. The van der Waals surface area contributed by atoms with Crippen molar-refractivity contribution in [1.82, 2.24) is 10.6 Å². The fourth-order valence-corrected chi connectivity index (χ4v) is 2.80. The third-order valence-electron chi connectivity index (χ3n) is 3.16. The topological polar surface area (TPSA) is 70.2 Å². The van der Waals surface area contributed by atoms with Crippen molar-refractivity contribution in [2.75, 3.05) is 24.2 Å². The Labute approximate surface area is 135 Å². The van der Waals surface area contributed by atoms with Crippen molar-refractivity contribution in [3.8, 4) is 0 Å². The van der Waals surface area contributed by atoms with Crippen LogP contribution in [0, 0.1) is 5.41 Å². The first kappa shape index (κ1) is 16.7. The third-order valence-corrected chi connectivity index (χ3v) is 4.23. The molecule has 0 bridgehead atoms. The van der Waals surface area contributed by atoms with Gasteiger partial charge in [0.1, 0.15) is 0 Å². The number of fused-ring (bicyclic) bond motifs is 1. The van der Waals surface area contributed by atoms with Gasteiger partial charge in [-0.3, -0.25) is 4.79 Å². The van der Waals surface area contributed by atoms with E-state index in [1.165, 1.54) is 0 Å². The maximum absolute atomic E-state index is 11.7. The maximum Gasteiger partial charge on any atom is 0.314 e. The van der Waals surface area contributed by atoms with E-state index in [9.17, 15) is 9.59 Å². The first-order chi connectivity index (χ1) is 10.3. The molecule has 6 heteroatoms. The number of benzene rings is 1. The molecule has 1 aromatic rings. The lowest BCUT2D eigenvalue weighted by Crippen LogP contribution is -2.40. The molecule has 1 heterocycles. The van der Waals surface area contributed by atoms with E-state index in [1.807, 2.05) is 18.2 Å². The van der Waals surface area contributed by atoms with Crippen LogP contribution in [-0.4, -0.2) is 30.8 Å². The first-order valence-corrected chi connectivity index (χ1v) is 8.39. The predicted octanol–water partition coefficient (Wildman–Crippen LogP) is 2.62. The standard InChI is InChI=1S/C16H23N3O2S/c1-16(2,3)10-18-15(21)17-7-6-11-4-5-13-12(8-11)19-14(20)9-22-13/h4-5,8H,6-7,9-10H2,1-3H3,(H,19,20)(H2,17,18,21). The molecule has 0 saturated carbocycles. The Morgan fingerprint density at radius 2 is 2.09 bits per heavy atom. The van der Waals surface area contributed by atoms with Crippen molar-refractivity contribution in [3.05, 3.63) is 23.8 Å². The summed E-state index contributed by atoms with van der Waals surface area (Å²) in [4.78, 5) is 24.2. The average molecular weight is 321 g/mol. The van der Waals surface area contributed by atoms with Crippen LogP contribution in [0.15, 0.2) is 23.1 Å². The largest absolute Gasteiger partial charge is 0.338 e. The van der Waals surface area contributed by atoms with Crippen LogP contribution in [0.1, 0.15) is 26.3 Å². The number of carbonyl (C=O) groups is 2. The van der Waals surface area contributed by atoms with Crippen LogP contribution in [0.3, 0.4) is 0 Å². The summed E-state index contributed by atoms with van der Waals surface area (Å²) in [6, 6.07) is 5.90. The number of hydrogen-bond donors (Lipinski definition) is 3. The smallest absolute Gasteiger partial charge is 0.314 e. The Hall–Kier alpha value is -1.69. The maximum atomic E-state index is 11.7. The molecule has 3 amide bonds. The first-order valence-electron chi connectivity index (χ1n) is 7.41. The lowest BCUT2D eigenvalue weighted by Gasteiger charge is -2.19. The van der Waals surface area contributed by atoms with Crippen molar-refractivity contribution in [1.29, 1.82) is 0 Å². The number of urea groups is 1. The van der Waals surface area contributed by atoms with Crippen LogP contribution >= 0.6 is 11.8 Å². The number of amides is 3. The summed E-state index contributed by atoms with van der Waals surface area (Å²) in [7, 11) is 0. The summed E-state index contributed by atoms with van der Waals surface area (Å²) < 4.78 is 0. The highest BCUT2D eigenvalue weighted by atomic mass is 32.2. The SMILES string of the molecule is CC(C)(C)CNC(=O)NCCc1ccc2c(c1)NC(=O)CS2. The summed E-state index contributed by atoms with van der Waals surface area (Å²) in [6.45, 7) is 7.43. The zero-order valence-electron chi connectivity index (χ0n) is 13.3. The van der Waals surface area contributed by atoms with Gasteiger partial charge in [-0.05, 0) is 29.5 Å². The molecule has 0 fully saturated rings. The molecule has 1 aliphatic heterocycles. The second kappa shape index (κ2) is 7.05. The Balaban J connectivity index is 1.79. The Kier molecular flexibility index (Phi) is 5.34. The van der Waals surface area contributed by atoms with E-state index in [0.717, 1.165) is 22.6 Å². The summed E-state index contributed by atoms with van der Waals surface area (Å²) in [5, 5.41) is 8.58. The molecular formula is C16H23N3O2S. The molecule has 0 aliphatic carbocycles. The van der Waals surface area contributed by atoms with Gasteiger partial charge < -0.3 is 16.0 Å². The number of thioether (sulfide) groups is 1. The molecular weight excluding hydrogens is 298 g/mol. The van der Waals surface area contributed by atoms with Crippen molar-refractivity contribution in [3.63, 3.8) is 0 Å². The fourth-order valence-electron chi connectivity index (χ4n) is 2.01. The number of anilines is 1. The van der Waals surface area contributed by atoms with Gasteiger partial charge in [0.25, 0.3) is 0 Å². The Bertz CT molecular complexity index is 567. The fraction of sp³-hybridized carbons (Fsp3) is 0.500. The highest BCUT2D eigenvalue weighted by molar-refractivity contribution is 8.00. The molecule has 120 valence electrons. The second-order valence-corrected chi connectivity index (χ2v) is 7.60. The van der Waals surface area contributed by atoms with Crippen LogP contribution < -0.4 is 16.0 Å². The zero-order valence-corrected chi connectivity index (χ0v) is 14.1. The zero-order chi connectivity index (χ0) is 16.2. The van der Waals surface area contributed by atoms with Crippen LogP contribution in [0.5, 0.6) is 0 Å². The van der Waals surface area contributed by atoms with Gasteiger partial charge in [-0.1, -0.05) is 26.8 Å². The molecule has 0 unspecified atom stereocenters. The van der Waals surface area contributed by atoms with Crippen molar-refractivity contribution >= 4 is 29.4 Å². The summed E-state index contributed by atoms with van der Waals surface area (Å²) in [5.41, 5.74) is 2.04. The summed E-state index contributed by atoms with van der Waals surface area (Å²) >= 11 is 1.55. The summed E-state index contributed by atoms with van der Waals surface area (Å²) in [6.07, 6.45) is 0.733. The highest BCUT2D eigenvalue weighted by Gasteiger charge is 2.15. The minimum Gasteiger partial charge on any atom is -0.338 e. The summed E-state index contributed by atoms with van der Waals surface area (Å²) in [5.74, 6) is 0.510. The van der Waals surface area contributed by atoms with Crippen LogP contribution in [0.4, 0.5) is 10.5 Å². The van der Waals surface area contributed by atoms with E-state index in [0.29, 0.717) is 18.8 Å². The van der Waals surface area contributed by atoms with E-state index >= 15 is 0 Å². The van der Waals surface area contributed by atoms with Crippen molar-refractivity contribution in [2.45, 2.75) is 32.1 Å². The minimum absolute atomic E-state index is 0.0364. The third kappa shape index (κ3) is 5.26. The van der Waals surface area contributed by atoms with Crippen LogP contribution in [0.2, 0.25) is 0 Å². The van der Waals surface area contributed by atoms with Gasteiger partial charge in [0.15, 0.2) is 0 Å². The second-order valence-electron chi connectivity index (χ2n) is 6.59. The lowest BCUT2D eigenvalue weighted by atomic mass is 9.97. The molecule has 22 heavy (non-hydrogen) atoms. The number of nitrogens with one attached hydrogen (secondary N) is 3.